The van der Waals surface area contributed by atoms with E-state index in [0.717, 1.165) is 25.8 Å². The molecule has 5 nitrogen and oxygen atoms in total. The highest BCUT2D eigenvalue weighted by molar-refractivity contribution is 8.00. The molecule has 0 saturated heterocycles. The molecule has 1 aliphatic rings. The summed E-state index contributed by atoms with van der Waals surface area (Å²) in [6.45, 7) is 1.92. The van der Waals surface area contributed by atoms with E-state index in [1.165, 1.54) is 23.6 Å². The van der Waals surface area contributed by atoms with Crippen molar-refractivity contribution < 1.29 is 8.42 Å². The smallest absolute Gasteiger partial charge is 0.279 e. The minimum atomic E-state index is -3.35. The summed E-state index contributed by atoms with van der Waals surface area (Å²) in [5, 5.41) is 3.03. The first-order chi connectivity index (χ1) is 9.46. The van der Waals surface area contributed by atoms with Gasteiger partial charge in [0.15, 0.2) is 0 Å². The number of thioether (sulfide) groups is 1. The van der Waals surface area contributed by atoms with Crippen LogP contribution in [0.3, 0.4) is 0 Å². The van der Waals surface area contributed by atoms with E-state index in [2.05, 4.69) is 16.3 Å². The van der Waals surface area contributed by atoms with Gasteiger partial charge < -0.3 is 5.32 Å². The lowest BCUT2D eigenvalue weighted by molar-refractivity contribution is 0.386. The molecule has 120 valence electrons. The van der Waals surface area contributed by atoms with Gasteiger partial charge in [-0.3, -0.25) is 0 Å². The third-order valence-corrected chi connectivity index (χ3v) is 7.02. The van der Waals surface area contributed by atoms with Crippen LogP contribution in [0.1, 0.15) is 38.5 Å². The van der Waals surface area contributed by atoms with Crippen LogP contribution in [-0.4, -0.2) is 57.5 Å². The van der Waals surface area contributed by atoms with Gasteiger partial charge in [-0.1, -0.05) is 19.3 Å². The number of rotatable bonds is 9. The fourth-order valence-electron chi connectivity index (χ4n) is 2.58. The van der Waals surface area contributed by atoms with Crippen LogP contribution < -0.4 is 10.0 Å². The first-order valence-electron chi connectivity index (χ1n) is 7.36. The average Bonchev–Trinajstić information content (AvgIpc) is 2.46. The van der Waals surface area contributed by atoms with E-state index in [4.69, 9.17) is 0 Å². The van der Waals surface area contributed by atoms with Gasteiger partial charge in [-0.2, -0.15) is 24.5 Å². The maximum atomic E-state index is 12.2. The van der Waals surface area contributed by atoms with Crippen molar-refractivity contribution in [3.63, 3.8) is 0 Å². The van der Waals surface area contributed by atoms with Gasteiger partial charge >= 0.3 is 0 Å². The van der Waals surface area contributed by atoms with Gasteiger partial charge in [0.2, 0.25) is 0 Å². The number of hydrogen-bond donors (Lipinski definition) is 2. The van der Waals surface area contributed by atoms with Crippen molar-refractivity contribution in [3.8, 4) is 0 Å². The molecule has 0 aromatic carbocycles. The molecule has 2 N–H and O–H groups in total. The van der Waals surface area contributed by atoms with E-state index in [9.17, 15) is 8.42 Å². The first kappa shape index (κ1) is 18.2. The Kier molecular flexibility index (Phi) is 7.82. The van der Waals surface area contributed by atoms with E-state index < -0.39 is 10.2 Å². The maximum absolute atomic E-state index is 12.2. The molecule has 0 aliphatic heterocycles. The van der Waals surface area contributed by atoms with Crippen molar-refractivity contribution in [2.45, 2.75) is 43.3 Å². The molecule has 0 heterocycles. The Morgan fingerprint density at radius 2 is 1.90 bits per heavy atom. The van der Waals surface area contributed by atoms with Crippen LogP contribution in [0, 0.1) is 0 Å². The molecule has 1 aliphatic carbocycles. The lowest BCUT2D eigenvalue weighted by Crippen LogP contribution is -2.46. The normalized spacial score (nSPS) is 19.4. The van der Waals surface area contributed by atoms with E-state index in [1.807, 2.05) is 18.8 Å². The lowest BCUT2D eigenvalue weighted by Gasteiger charge is -2.36. The highest BCUT2D eigenvalue weighted by Crippen LogP contribution is 2.38. The number of hydrogen-bond acceptors (Lipinski definition) is 4. The predicted octanol–water partition coefficient (Wildman–Crippen LogP) is 1.43. The first-order valence-corrected chi connectivity index (χ1v) is 10.0. The van der Waals surface area contributed by atoms with Crippen LogP contribution in [0.2, 0.25) is 0 Å². The summed E-state index contributed by atoms with van der Waals surface area (Å²) in [7, 11) is 0.170. The van der Waals surface area contributed by atoms with Crippen molar-refractivity contribution >= 4 is 22.0 Å². The molecule has 0 aromatic heterocycles. The second-order valence-electron chi connectivity index (χ2n) is 5.55. The largest absolute Gasteiger partial charge is 0.320 e. The average molecular weight is 324 g/mol. The Balaban J connectivity index is 2.48. The van der Waals surface area contributed by atoms with E-state index in [1.54, 1.807) is 7.05 Å². The number of nitrogens with one attached hydrogen (secondary N) is 2. The molecular weight excluding hydrogens is 294 g/mol. The minimum absolute atomic E-state index is 0.0944. The van der Waals surface area contributed by atoms with Gasteiger partial charge in [0.05, 0.1) is 0 Å². The predicted molar refractivity (Wildman–Crippen MR) is 87.4 cm³/mol. The van der Waals surface area contributed by atoms with E-state index in [0.29, 0.717) is 13.1 Å². The fourth-order valence-corrected chi connectivity index (χ4v) is 4.63. The zero-order valence-electron chi connectivity index (χ0n) is 12.9. The standard InChI is InChI=1S/C13H29N3O2S2/c1-14-10-7-11-16(2)20(17,18)15-12-13(19-3)8-5-4-6-9-13/h14-15H,4-12H2,1-3H3. The molecule has 0 atom stereocenters. The second kappa shape index (κ2) is 8.58. The fraction of sp³-hybridized carbons (Fsp3) is 1.00. The molecule has 0 aromatic rings. The molecular formula is C13H29N3O2S2. The molecule has 0 amide bonds. The quantitative estimate of drug-likeness (QED) is 0.630. The van der Waals surface area contributed by atoms with Crippen LogP contribution in [0.25, 0.3) is 0 Å². The topological polar surface area (TPSA) is 61.4 Å². The number of nitrogens with zero attached hydrogens (tertiary/aromatic N) is 1. The minimum Gasteiger partial charge on any atom is -0.320 e. The molecule has 20 heavy (non-hydrogen) atoms. The molecule has 1 saturated carbocycles. The summed E-state index contributed by atoms with van der Waals surface area (Å²) < 4.78 is 28.7. The molecule has 7 heteroatoms. The van der Waals surface area contributed by atoms with Crippen LogP contribution in [0.15, 0.2) is 0 Å². The van der Waals surface area contributed by atoms with Crippen molar-refractivity contribution in [1.29, 1.82) is 0 Å². The summed E-state index contributed by atoms with van der Waals surface area (Å²) in [5.41, 5.74) is 0. The summed E-state index contributed by atoms with van der Waals surface area (Å²) in [6.07, 6.45) is 8.83. The van der Waals surface area contributed by atoms with Crippen molar-refractivity contribution in [1.82, 2.24) is 14.3 Å². The maximum Gasteiger partial charge on any atom is 0.279 e. The Morgan fingerprint density at radius 3 is 2.45 bits per heavy atom. The van der Waals surface area contributed by atoms with E-state index in [-0.39, 0.29) is 4.75 Å². The summed E-state index contributed by atoms with van der Waals surface area (Å²) in [6, 6.07) is 0. The molecule has 0 spiro atoms. The highest BCUT2D eigenvalue weighted by Gasteiger charge is 2.33. The van der Waals surface area contributed by atoms with Gasteiger partial charge in [-0.05, 0) is 39.1 Å². The molecule has 0 radical (unpaired) electrons. The van der Waals surface area contributed by atoms with Crippen molar-refractivity contribution in [2.75, 3.05) is 40.0 Å². The Hall–Kier alpha value is 0.180. The van der Waals surface area contributed by atoms with Gasteiger partial charge in [-0.25, -0.2) is 4.72 Å². The van der Waals surface area contributed by atoms with Crippen LogP contribution in [0.4, 0.5) is 0 Å². The molecule has 0 bridgehead atoms. The van der Waals surface area contributed by atoms with Crippen LogP contribution >= 0.6 is 11.8 Å². The monoisotopic (exact) mass is 323 g/mol. The van der Waals surface area contributed by atoms with Crippen LogP contribution in [-0.2, 0) is 10.2 Å². The van der Waals surface area contributed by atoms with Gasteiger partial charge in [0.25, 0.3) is 10.2 Å². The zero-order chi connectivity index (χ0) is 15.1. The lowest BCUT2D eigenvalue weighted by atomic mass is 9.88. The second-order valence-corrected chi connectivity index (χ2v) is 8.69. The Labute approximate surface area is 128 Å². The van der Waals surface area contributed by atoms with Gasteiger partial charge in [-0.15, -0.1) is 0 Å². The van der Waals surface area contributed by atoms with Gasteiger partial charge in [0.1, 0.15) is 0 Å². The third-order valence-electron chi connectivity index (χ3n) is 4.08. The molecule has 1 fully saturated rings. The van der Waals surface area contributed by atoms with Crippen molar-refractivity contribution in [3.05, 3.63) is 0 Å². The SMILES string of the molecule is CNCCCN(C)S(=O)(=O)NCC1(SC)CCCCC1. The third kappa shape index (κ3) is 5.52. The van der Waals surface area contributed by atoms with Crippen molar-refractivity contribution in [2.24, 2.45) is 0 Å². The highest BCUT2D eigenvalue weighted by atomic mass is 32.2. The molecule has 0 unspecified atom stereocenters. The van der Waals surface area contributed by atoms with E-state index >= 15 is 0 Å². The Morgan fingerprint density at radius 1 is 1.25 bits per heavy atom. The summed E-state index contributed by atoms with van der Waals surface area (Å²) in [5.74, 6) is 0. The van der Waals surface area contributed by atoms with Crippen LogP contribution in [0.5, 0.6) is 0 Å². The van der Waals surface area contributed by atoms with Gasteiger partial charge in [0, 0.05) is 24.9 Å². The Bertz CT molecular complexity index is 368. The summed E-state index contributed by atoms with van der Waals surface area (Å²) in [4.78, 5) is 0. The summed E-state index contributed by atoms with van der Waals surface area (Å²) >= 11 is 1.81. The zero-order valence-corrected chi connectivity index (χ0v) is 14.6. The molecule has 1 rings (SSSR count).